The molecule has 2 rings (SSSR count). The molecule has 0 spiro atoms. The Kier molecular flexibility index (Phi) is 2.15. The smallest absolute Gasteiger partial charge is 0.179 e. The molecule has 0 radical (unpaired) electrons. The Morgan fingerprint density at radius 2 is 1.60 bits per heavy atom. The number of aliphatic hydroxyl groups excluding tert-OH is 1. The average molecular weight is 204 g/mol. The SMILES string of the molecule is CC(C)(C)C1(CO)N=c2ccccc2=N1. The Balaban J connectivity index is 2.66. The number of hydrogen-bond donors (Lipinski definition) is 1. The summed E-state index contributed by atoms with van der Waals surface area (Å²) in [6, 6.07) is 7.74. The van der Waals surface area contributed by atoms with Crippen LogP contribution >= 0.6 is 0 Å². The highest BCUT2D eigenvalue weighted by atomic mass is 16.3. The fraction of sp³-hybridized carbons (Fsp3) is 0.500. The highest BCUT2D eigenvalue weighted by Crippen LogP contribution is 2.35. The van der Waals surface area contributed by atoms with Crippen molar-refractivity contribution in [2.75, 3.05) is 6.61 Å². The van der Waals surface area contributed by atoms with E-state index in [1.165, 1.54) is 0 Å². The molecule has 3 nitrogen and oxygen atoms in total. The van der Waals surface area contributed by atoms with Gasteiger partial charge in [-0.3, -0.25) is 9.98 Å². The molecule has 0 unspecified atom stereocenters. The number of benzene rings is 1. The summed E-state index contributed by atoms with van der Waals surface area (Å²) in [5.41, 5.74) is -0.891. The van der Waals surface area contributed by atoms with E-state index in [1.807, 2.05) is 45.0 Å². The molecule has 1 aromatic rings. The maximum atomic E-state index is 9.54. The molecule has 1 N–H and O–H groups in total. The first-order chi connectivity index (χ1) is 6.98. The first-order valence-electron chi connectivity index (χ1n) is 5.14. The van der Waals surface area contributed by atoms with E-state index in [0.717, 1.165) is 10.7 Å². The Labute approximate surface area is 89.2 Å². The van der Waals surface area contributed by atoms with Gasteiger partial charge in [-0.1, -0.05) is 32.9 Å². The van der Waals surface area contributed by atoms with Gasteiger partial charge in [0.1, 0.15) is 0 Å². The van der Waals surface area contributed by atoms with E-state index in [0.29, 0.717) is 0 Å². The number of hydrogen-bond acceptors (Lipinski definition) is 3. The lowest BCUT2D eigenvalue weighted by Gasteiger charge is -2.34. The third-order valence-electron chi connectivity index (χ3n) is 2.91. The van der Waals surface area contributed by atoms with E-state index >= 15 is 0 Å². The fourth-order valence-corrected chi connectivity index (χ4v) is 1.72. The van der Waals surface area contributed by atoms with Crippen molar-refractivity contribution < 1.29 is 5.11 Å². The lowest BCUT2D eigenvalue weighted by molar-refractivity contribution is 0.103. The molecule has 1 heterocycles. The van der Waals surface area contributed by atoms with Crippen LogP contribution in [0.1, 0.15) is 20.8 Å². The van der Waals surface area contributed by atoms with Crippen molar-refractivity contribution in [1.82, 2.24) is 0 Å². The molecule has 3 heteroatoms. The highest BCUT2D eigenvalue weighted by molar-refractivity contribution is 5.10. The van der Waals surface area contributed by atoms with Crippen LogP contribution in [-0.2, 0) is 0 Å². The summed E-state index contributed by atoms with van der Waals surface area (Å²) >= 11 is 0. The average Bonchev–Trinajstić information content (AvgIpc) is 2.56. The van der Waals surface area contributed by atoms with Crippen LogP contribution in [-0.4, -0.2) is 17.4 Å². The van der Waals surface area contributed by atoms with Gasteiger partial charge in [0.2, 0.25) is 0 Å². The number of aliphatic hydroxyl groups is 1. The van der Waals surface area contributed by atoms with Crippen molar-refractivity contribution in [1.29, 1.82) is 0 Å². The standard InChI is InChI=1S/C12H16N2O/c1-11(2,3)12(8-15)13-9-6-4-5-7-10(9)14-12/h4-7,15H,8H2,1-3H3. The van der Waals surface area contributed by atoms with Crippen molar-refractivity contribution in [3.05, 3.63) is 35.0 Å². The third-order valence-corrected chi connectivity index (χ3v) is 2.91. The number of rotatable bonds is 1. The summed E-state index contributed by atoms with van der Waals surface area (Å²) in [5.74, 6) is 0. The van der Waals surface area contributed by atoms with E-state index in [4.69, 9.17) is 0 Å². The van der Waals surface area contributed by atoms with Gasteiger partial charge in [0, 0.05) is 5.41 Å². The molecule has 1 aromatic carbocycles. The molecule has 15 heavy (non-hydrogen) atoms. The Bertz CT molecular complexity index is 450. The molecule has 0 saturated heterocycles. The molecule has 1 aliphatic heterocycles. The van der Waals surface area contributed by atoms with E-state index < -0.39 is 5.66 Å². The van der Waals surface area contributed by atoms with Crippen LogP contribution in [0, 0.1) is 5.41 Å². The lowest BCUT2D eigenvalue weighted by atomic mass is 9.82. The van der Waals surface area contributed by atoms with Crippen LogP contribution in [0.5, 0.6) is 0 Å². The maximum absolute atomic E-state index is 9.54. The van der Waals surface area contributed by atoms with Crippen LogP contribution in [0.15, 0.2) is 34.3 Å². The summed E-state index contributed by atoms with van der Waals surface area (Å²) in [6.45, 7) is 6.08. The zero-order valence-electron chi connectivity index (χ0n) is 9.36. The van der Waals surface area contributed by atoms with Crippen LogP contribution in [0.2, 0.25) is 0 Å². The summed E-state index contributed by atoms with van der Waals surface area (Å²) in [7, 11) is 0. The van der Waals surface area contributed by atoms with Gasteiger partial charge in [0.25, 0.3) is 0 Å². The molecule has 1 aliphatic rings. The van der Waals surface area contributed by atoms with Crippen LogP contribution in [0.3, 0.4) is 0 Å². The molecule has 0 saturated carbocycles. The van der Waals surface area contributed by atoms with Crippen LogP contribution < -0.4 is 10.7 Å². The molecule has 0 bridgehead atoms. The van der Waals surface area contributed by atoms with Gasteiger partial charge in [-0.15, -0.1) is 0 Å². The predicted molar refractivity (Wildman–Crippen MR) is 58.0 cm³/mol. The second-order valence-electron chi connectivity index (χ2n) is 4.94. The predicted octanol–water partition coefficient (Wildman–Crippen LogP) is 0.674. The van der Waals surface area contributed by atoms with E-state index in [2.05, 4.69) is 9.98 Å². The van der Waals surface area contributed by atoms with Gasteiger partial charge in [0.05, 0.1) is 17.3 Å². The number of para-hydroxylation sites is 2. The molecule has 80 valence electrons. The highest BCUT2D eigenvalue weighted by Gasteiger charge is 2.42. The fourth-order valence-electron chi connectivity index (χ4n) is 1.72. The minimum Gasteiger partial charge on any atom is -0.392 e. The van der Waals surface area contributed by atoms with Crippen molar-refractivity contribution in [2.45, 2.75) is 26.4 Å². The van der Waals surface area contributed by atoms with Crippen molar-refractivity contribution in [3.63, 3.8) is 0 Å². The van der Waals surface area contributed by atoms with Crippen molar-refractivity contribution in [3.8, 4) is 0 Å². The zero-order chi connectivity index (χ0) is 11.1. The monoisotopic (exact) mass is 204 g/mol. The Morgan fingerprint density at radius 3 is 1.93 bits per heavy atom. The van der Waals surface area contributed by atoms with E-state index in [1.54, 1.807) is 0 Å². The van der Waals surface area contributed by atoms with Gasteiger partial charge in [-0.2, -0.15) is 0 Å². The topological polar surface area (TPSA) is 45.0 Å². The number of nitrogens with zero attached hydrogens (tertiary/aromatic N) is 2. The maximum Gasteiger partial charge on any atom is 0.179 e. The molecule has 0 atom stereocenters. The van der Waals surface area contributed by atoms with Crippen molar-refractivity contribution in [2.24, 2.45) is 15.4 Å². The second kappa shape index (κ2) is 3.14. The Morgan fingerprint density at radius 1 is 1.13 bits per heavy atom. The molecule has 0 fully saturated rings. The molecular weight excluding hydrogens is 188 g/mol. The third kappa shape index (κ3) is 1.47. The van der Waals surface area contributed by atoms with E-state index in [-0.39, 0.29) is 12.0 Å². The lowest BCUT2D eigenvalue weighted by Crippen LogP contribution is -2.42. The molecule has 0 aliphatic carbocycles. The van der Waals surface area contributed by atoms with Crippen molar-refractivity contribution >= 4 is 0 Å². The molecule has 0 aromatic heterocycles. The van der Waals surface area contributed by atoms with Gasteiger partial charge >= 0.3 is 0 Å². The summed E-state index contributed by atoms with van der Waals surface area (Å²) < 4.78 is 0. The summed E-state index contributed by atoms with van der Waals surface area (Å²) in [4.78, 5) is 9.11. The number of fused-ring (bicyclic) bond motifs is 1. The zero-order valence-corrected chi connectivity index (χ0v) is 9.36. The minimum atomic E-state index is -0.712. The quantitative estimate of drug-likeness (QED) is 0.718. The van der Waals surface area contributed by atoms with E-state index in [9.17, 15) is 5.11 Å². The molecule has 0 amide bonds. The second-order valence-corrected chi connectivity index (χ2v) is 4.94. The van der Waals surface area contributed by atoms with Gasteiger partial charge in [-0.25, -0.2) is 0 Å². The van der Waals surface area contributed by atoms with Gasteiger partial charge in [0.15, 0.2) is 5.66 Å². The first kappa shape index (κ1) is 10.3. The van der Waals surface area contributed by atoms with Gasteiger partial charge < -0.3 is 5.11 Å². The minimum absolute atomic E-state index is 0.0504. The first-order valence-corrected chi connectivity index (χ1v) is 5.14. The van der Waals surface area contributed by atoms with Crippen LogP contribution in [0.25, 0.3) is 0 Å². The summed E-state index contributed by atoms with van der Waals surface area (Å²) in [6.07, 6.45) is 0. The van der Waals surface area contributed by atoms with Crippen LogP contribution in [0.4, 0.5) is 0 Å². The molecular formula is C12H16N2O. The largest absolute Gasteiger partial charge is 0.392 e. The Hall–Kier alpha value is -1.22. The van der Waals surface area contributed by atoms with Gasteiger partial charge in [-0.05, 0) is 12.1 Å². The normalized spacial score (nSPS) is 17.9. The summed E-state index contributed by atoms with van der Waals surface area (Å²) in [5, 5.41) is 11.3.